The number of ether oxygens (including phenoxy) is 4. The largest absolute Gasteiger partial charge is 1.00 e. The van der Waals surface area contributed by atoms with Crippen LogP contribution >= 0.6 is 0 Å². The highest BCUT2D eigenvalue weighted by molar-refractivity contribution is 4.47. The van der Waals surface area contributed by atoms with Crippen molar-refractivity contribution < 1.29 is 44.9 Å². The summed E-state index contributed by atoms with van der Waals surface area (Å²) in [4.78, 5) is 0. The third-order valence-corrected chi connectivity index (χ3v) is 4.22. The molecule has 0 unspecified atom stereocenters. The van der Waals surface area contributed by atoms with Gasteiger partial charge in [0.2, 0.25) is 12.6 Å². The first-order chi connectivity index (χ1) is 11.7. The smallest absolute Gasteiger partial charge is 0.207 e. The van der Waals surface area contributed by atoms with E-state index in [9.17, 15) is 0 Å². The summed E-state index contributed by atoms with van der Waals surface area (Å²) in [7, 11) is 8.98. The van der Waals surface area contributed by atoms with Crippen LogP contribution in [0.2, 0.25) is 0 Å². The SMILES string of the molecule is CCOC(C[N+](C)(C)CCC[N+](C)(C)CC(OCC)OCC)OCC.[Br-]. The zero-order chi connectivity index (χ0) is 19.3. The quantitative estimate of drug-likeness (QED) is 0.234. The Morgan fingerprint density at radius 1 is 0.577 bits per heavy atom. The first-order valence-corrected chi connectivity index (χ1v) is 9.80. The summed E-state index contributed by atoms with van der Waals surface area (Å²) < 4.78 is 24.6. The summed E-state index contributed by atoms with van der Waals surface area (Å²) in [6.45, 7) is 14.7. The second kappa shape index (κ2) is 15.2. The number of rotatable bonds is 16. The molecule has 0 spiro atoms. The lowest BCUT2D eigenvalue weighted by atomic mass is 10.3. The monoisotopic (exact) mass is 443 g/mol. The van der Waals surface area contributed by atoms with Crippen molar-refractivity contribution in [3.8, 4) is 0 Å². The van der Waals surface area contributed by atoms with Crippen LogP contribution in [0.25, 0.3) is 0 Å². The minimum atomic E-state index is -0.118. The molecule has 0 atom stereocenters. The predicted octanol–water partition coefficient (Wildman–Crippen LogP) is -0.668. The molecule has 6 nitrogen and oxygen atoms in total. The third kappa shape index (κ3) is 14.3. The van der Waals surface area contributed by atoms with Crippen molar-refractivity contribution >= 4 is 0 Å². The summed E-state index contributed by atoms with van der Waals surface area (Å²) in [6, 6.07) is 0. The Labute approximate surface area is 172 Å². The van der Waals surface area contributed by atoms with Crippen molar-refractivity contribution in [3.63, 3.8) is 0 Å². The molecule has 0 saturated carbocycles. The van der Waals surface area contributed by atoms with Crippen LogP contribution in [0.3, 0.4) is 0 Å². The van der Waals surface area contributed by atoms with Crippen molar-refractivity contribution in [1.29, 1.82) is 0 Å². The molecule has 0 aromatic carbocycles. The third-order valence-electron chi connectivity index (χ3n) is 4.22. The van der Waals surface area contributed by atoms with Crippen LogP contribution in [0.15, 0.2) is 0 Å². The Kier molecular flexibility index (Phi) is 16.6. The normalized spacial score (nSPS) is 12.7. The Hall–Kier alpha value is 0.240. The zero-order valence-electron chi connectivity index (χ0n) is 18.4. The van der Waals surface area contributed by atoms with Crippen molar-refractivity contribution in [2.75, 3.05) is 80.8 Å². The van der Waals surface area contributed by atoms with Crippen molar-refractivity contribution in [1.82, 2.24) is 0 Å². The highest BCUT2D eigenvalue weighted by Crippen LogP contribution is 2.10. The van der Waals surface area contributed by atoms with E-state index in [0.717, 1.165) is 41.6 Å². The average Bonchev–Trinajstić information content (AvgIpc) is 2.46. The van der Waals surface area contributed by atoms with Gasteiger partial charge in [-0.05, 0) is 27.7 Å². The second-order valence-electron chi connectivity index (χ2n) is 7.72. The topological polar surface area (TPSA) is 36.9 Å². The molecule has 160 valence electrons. The minimum absolute atomic E-state index is 0. The van der Waals surface area contributed by atoms with Gasteiger partial charge in [0.15, 0.2) is 0 Å². The molecule has 0 aromatic rings. The number of likely N-dealkylation sites (N-methyl/N-ethyl adjacent to an activating group) is 2. The fraction of sp³-hybridized carbons (Fsp3) is 1.00. The standard InChI is InChI=1S/C19H44N2O4.BrH/c1-9-22-18(23-10-2)16-20(5,6)14-13-15-21(7,8)17-19(24-11-3)25-12-4;/h18-19H,9-17H2,1-8H3;1H/q+2;/p-1. The molecular weight excluding hydrogens is 400 g/mol. The molecule has 0 saturated heterocycles. The van der Waals surface area contributed by atoms with Gasteiger partial charge in [0, 0.05) is 32.8 Å². The predicted molar refractivity (Wildman–Crippen MR) is 102 cm³/mol. The van der Waals surface area contributed by atoms with E-state index < -0.39 is 0 Å². The molecule has 0 amide bonds. The zero-order valence-corrected chi connectivity index (χ0v) is 20.0. The van der Waals surface area contributed by atoms with Gasteiger partial charge in [-0.2, -0.15) is 0 Å². The van der Waals surface area contributed by atoms with Gasteiger partial charge in [-0.15, -0.1) is 0 Å². The van der Waals surface area contributed by atoms with E-state index in [0.29, 0.717) is 26.4 Å². The molecule has 0 rings (SSSR count). The minimum Gasteiger partial charge on any atom is -1.00 e. The maximum Gasteiger partial charge on any atom is 0.207 e. The molecule has 0 bridgehead atoms. The van der Waals surface area contributed by atoms with Gasteiger partial charge in [0.25, 0.3) is 0 Å². The Morgan fingerprint density at radius 2 is 0.846 bits per heavy atom. The van der Waals surface area contributed by atoms with E-state index in [-0.39, 0.29) is 29.6 Å². The van der Waals surface area contributed by atoms with Crippen LogP contribution in [0.5, 0.6) is 0 Å². The first-order valence-electron chi connectivity index (χ1n) is 9.80. The molecule has 0 heterocycles. The summed E-state index contributed by atoms with van der Waals surface area (Å²) in [5.41, 5.74) is 0. The van der Waals surface area contributed by atoms with Crippen molar-refractivity contribution in [2.45, 2.75) is 46.7 Å². The summed E-state index contributed by atoms with van der Waals surface area (Å²) >= 11 is 0. The summed E-state index contributed by atoms with van der Waals surface area (Å²) in [5.74, 6) is 0. The molecular formula is C19H44BrN2O4+. The van der Waals surface area contributed by atoms with Gasteiger partial charge in [0.1, 0.15) is 13.1 Å². The van der Waals surface area contributed by atoms with Crippen LogP contribution in [0, 0.1) is 0 Å². The number of quaternary nitrogens is 2. The van der Waals surface area contributed by atoms with E-state index in [1.54, 1.807) is 0 Å². The molecule has 0 aliphatic rings. The fourth-order valence-corrected chi connectivity index (χ4v) is 2.97. The molecule has 26 heavy (non-hydrogen) atoms. The molecule has 0 aromatic heterocycles. The molecule has 0 fully saturated rings. The lowest BCUT2D eigenvalue weighted by molar-refractivity contribution is -0.915. The van der Waals surface area contributed by atoms with E-state index in [1.165, 1.54) is 0 Å². The van der Waals surface area contributed by atoms with Crippen molar-refractivity contribution in [3.05, 3.63) is 0 Å². The molecule has 0 radical (unpaired) electrons. The van der Waals surface area contributed by atoms with Crippen LogP contribution in [-0.4, -0.2) is 102 Å². The van der Waals surface area contributed by atoms with Crippen molar-refractivity contribution in [2.24, 2.45) is 0 Å². The maximum atomic E-state index is 5.70. The maximum absolute atomic E-state index is 5.70. The van der Waals surface area contributed by atoms with Gasteiger partial charge in [-0.3, -0.25) is 0 Å². The van der Waals surface area contributed by atoms with Gasteiger partial charge in [0.05, 0.1) is 41.3 Å². The van der Waals surface area contributed by atoms with Gasteiger partial charge < -0.3 is 44.9 Å². The molecule has 7 heteroatoms. The average molecular weight is 444 g/mol. The van der Waals surface area contributed by atoms with Crippen LogP contribution < -0.4 is 17.0 Å². The number of nitrogens with zero attached hydrogens (tertiary/aromatic N) is 2. The van der Waals surface area contributed by atoms with Gasteiger partial charge in [-0.1, -0.05) is 0 Å². The van der Waals surface area contributed by atoms with Gasteiger partial charge in [-0.25, -0.2) is 0 Å². The molecule has 0 N–H and O–H groups in total. The fourth-order valence-electron chi connectivity index (χ4n) is 2.97. The Morgan fingerprint density at radius 3 is 1.08 bits per heavy atom. The summed E-state index contributed by atoms with van der Waals surface area (Å²) in [5, 5.41) is 0. The highest BCUT2D eigenvalue weighted by Gasteiger charge is 2.26. The van der Waals surface area contributed by atoms with Gasteiger partial charge >= 0.3 is 0 Å². The van der Waals surface area contributed by atoms with Crippen LogP contribution in [0.4, 0.5) is 0 Å². The first kappa shape index (κ1) is 28.4. The number of hydrogen-bond donors (Lipinski definition) is 0. The lowest BCUT2D eigenvalue weighted by Crippen LogP contribution is -3.00. The van der Waals surface area contributed by atoms with Crippen LogP contribution in [-0.2, 0) is 18.9 Å². The lowest BCUT2D eigenvalue weighted by Gasteiger charge is -2.36. The Balaban J connectivity index is 0. The summed E-state index contributed by atoms with van der Waals surface area (Å²) in [6.07, 6.45) is 0.899. The van der Waals surface area contributed by atoms with E-state index in [4.69, 9.17) is 18.9 Å². The van der Waals surface area contributed by atoms with Crippen LogP contribution in [0.1, 0.15) is 34.1 Å². The molecule has 0 aliphatic carbocycles. The Bertz CT molecular complexity index is 289. The highest BCUT2D eigenvalue weighted by atomic mass is 79.9. The molecule has 0 aliphatic heterocycles. The number of halogens is 1. The van der Waals surface area contributed by atoms with E-state index in [1.807, 2.05) is 27.7 Å². The van der Waals surface area contributed by atoms with E-state index >= 15 is 0 Å². The number of hydrogen-bond acceptors (Lipinski definition) is 4. The second-order valence-corrected chi connectivity index (χ2v) is 7.72. The van der Waals surface area contributed by atoms with E-state index in [2.05, 4.69) is 28.2 Å².